The summed E-state index contributed by atoms with van der Waals surface area (Å²) in [5.41, 5.74) is 3.65. The minimum Gasteiger partial charge on any atom is -0.357 e. The summed E-state index contributed by atoms with van der Waals surface area (Å²) in [5, 5.41) is 3.32. The SMILES string of the molecule is C=CCCN(/C(=N/C)c1cc(Cl)c(N2CCC(CC(C)C)C2)nc1N(C=O)c1c(CC)cccc1CC)C(C)CNC=O. The van der Waals surface area contributed by atoms with Crippen molar-refractivity contribution >= 4 is 47.6 Å². The number of nitrogens with zero attached hydrogens (tertiary/aromatic N) is 5. The summed E-state index contributed by atoms with van der Waals surface area (Å²) < 4.78 is 0. The first kappa shape index (κ1) is 34.1. The van der Waals surface area contributed by atoms with Crippen LogP contribution in [0.4, 0.5) is 17.3 Å². The topological polar surface area (TPSA) is 81.1 Å². The molecule has 234 valence electrons. The molecule has 2 aromatic rings. The molecule has 2 amide bonds. The van der Waals surface area contributed by atoms with Gasteiger partial charge in [0.05, 0.1) is 16.3 Å². The molecule has 0 radical (unpaired) electrons. The van der Waals surface area contributed by atoms with Gasteiger partial charge in [0.2, 0.25) is 12.8 Å². The van der Waals surface area contributed by atoms with E-state index in [1.54, 1.807) is 11.9 Å². The third kappa shape index (κ3) is 8.17. The number of carbonyl (C=O) groups is 2. The summed E-state index contributed by atoms with van der Waals surface area (Å²) in [6, 6.07) is 8.00. The molecule has 2 heterocycles. The van der Waals surface area contributed by atoms with Crippen molar-refractivity contribution in [3.63, 3.8) is 0 Å². The van der Waals surface area contributed by atoms with Crippen LogP contribution in [-0.4, -0.2) is 67.8 Å². The molecule has 2 unspecified atom stereocenters. The Balaban J connectivity index is 2.27. The summed E-state index contributed by atoms with van der Waals surface area (Å²) >= 11 is 7.06. The van der Waals surface area contributed by atoms with Crippen LogP contribution in [0.3, 0.4) is 0 Å². The molecule has 1 aromatic heterocycles. The zero-order valence-corrected chi connectivity index (χ0v) is 27.5. The summed E-state index contributed by atoms with van der Waals surface area (Å²) in [4.78, 5) is 40.3. The van der Waals surface area contributed by atoms with Gasteiger partial charge in [-0.05, 0) is 68.1 Å². The summed E-state index contributed by atoms with van der Waals surface area (Å²) in [7, 11) is 1.74. The Bertz CT molecular complexity index is 1260. The molecular weight excluding hydrogens is 560 g/mol. The van der Waals surface area contributed by atoms with Crippen LogP contribution >= 0.6 is 11.6 Å². The lowest BCUT2D eigenvalue weighted by Crippen LogP contribution is -2.45. The molecule has 0 spiro atoms. The predicted octanol–water partition coefficient (Wildman–Crippen LogP) is 6.42. The number of rotatable bonds is 16. The lowest BCUT2D eigenvalue weighted by atomic mass is 9.97. The van der Waals surface area contributed by atoms with Crippen LogP contribution in [0.5, 0.6) is 0 Å². The predicted molar refractivity (Wildman–Crippen MR) is 180 cm³/mol. The van der Waals surface area contributed by atoms with Crippen molar-refractivity contribution in [1.29, 1.82) is 0 Å². The average molecular weight is 609 g/mol. The Kier molecular flexibility index (Phi) is 13.1. The Morgan fingerprint density at radius 3 is 2.49 bits per heavy atom. The van der Waals surface area contributed by atoms with E-state index in [9.17, 15) is 9.59 Å². The molecule has 3 rings (SSSR count). The van der Waals surface area contributed by atoms with Gasteiger partial charge in [0.15, 0.2) is 5.82 Å². The van der Waals surface area contributed by atoms with E-state index in [1.165, 1.54) is 0 Å². The van der Waals surface area contributed by atoms with Gasteiger partial charge in [0.25, 0.3) is 0 Å². The van der Waals surface area contributed by atoms with Crippen LogP contribution in [0.2, 0.25) is 5.02 Å². The Morgan fingerprint density at radius 1 is 1.23 bits per heavy atom. The van der Waals surface area contributed by atoms with E-state index >= 15 is 0 Å². The standard InChI is InChI=1S/C34H49ClN6O2/c1-8-11-16-40(25(6)20-37-22-42)32(36-7)29-19-30(35)34(39-17-15-26(21-39)18-24(4)5)38-33(29)41(23-43)31-27(9-2)13-12-14-28(31)10-3/h8,12-14,19,22-26H,1,9-11,15-18,20-21H2,2-7H3,(H,37,42)/b36-32+. The van der Waals surface area contributed by atoms with Crippen molar-refractivity contribution < 1.29 is 9.59 Å². The number of amides is 2. The highest BCUT2D eigenvalue weighted by molar-refractivity contribution is 6.33. The van der Waals surface area contributed by atoms with E-state index in [0.717, 1.165) is 62.0 Å². The van der Waals surface area contributed by atoms with E-state index in [-0.39, 0.29) is 6.04 Å². The number of para-hydroxylation sites is 1. The highest BCUT2D eigenvalue weighted by Gasteiger charge is 2.31. The lowest BCUT2D eigenvalue weighted by Gasteiger charge is -2.34. The summed E-state index contributed by atoms with van der Waals surface area (Å²) in [5.74, 6) is 3.03. The fourth-order valence-corrected chi connectivity index (χ4v) is 6.43. The van der Waals surface area contributed by atoms with Gasteiger partial charge in [0.1, 0.15) is 11.7 Å². The van der Waals surface area contributed by atoms with Gasteiger partial charge in [-0.3, -0.25) is 19.5 Å². The molecule has 1 aliphatic heterocycles. The maximum Gasteiger partial charge on any atom is 0.219 e. The van der Waals surface area contributed by atoms with Gasteiger partial charge >= 0.3 is 0 Å². The Labute approximate surface area is 263 Å². The van der Waals surface area contributed by atoms with Crippen LogP contribution in [0.15, 0.2) is 41.9 Å². The quantitative estimate of drug-likeness (QED) is 0.103. The second-order valence-corrected chi connectivity index (χ2v) is 12.1. The van der Waals surface area contributed by atoms with Crippen LogP contribution in [-0.2, 0) is 22.4 Å². The van der Waals surface area contributed by atoms with Crippen molar-refractivity contribution in [2.24, 2.45) is 16.8 Å². The number of amidine groups is 1. The van der Waals surface area contributed by atoms with Crippen LogP contribution in [0, 0.1) is 11.8 Å². The number of benzene rings is 1. The highest BCUT2D eigenvalue weighted by Crippen LogP contribution is 2.39. The monoisotopic (exact) mass is 608 g/mol. The first-order valence-corrected chi connectivity index (χ1v) is 15.9. The third-order valence-corrected chi connectivity index (χ3v) is 8.47. The number of carbonyl (C=O) groups excluding carboxylic acids is 2. The van der Waals surface area contributed by atoms with Gasteiger partial charge < -0.3 is 15.1 Å². The molecule has 0 bridgehead atoms. The molecule has 1 saturated heterocycles. The number of nitrogens with one attached hydrogen (secondary N) is 1. The fourth-order valence-electron chi connectivity index (χ4n) is 6.15. The number of halogens is 1. The second-order valence-electron chi connectivity index (χ2n) is 11.7. The zero-order chi connectivity index (χ0) is 31.5. The molecule has 1 fully saturated rings. The molecule has 9 heteroatoms. The summed E-state index contributed by atoms with van der Waals surface area (Å²) in [6.45, 7) is 17.4. The normalized spacial score (nSPS) is 15.9. The number of aromatic nitrogens is 1. The number of aliphatic imine (C=N–C) groups is 1. The van der Waals surface area contributed by atoms with Gasteiger partial charge in [-0.25, -0.2) is 4.98 Å². The average Bonchev–Trinajstić information content (AvgIpc) is 3.46. The van der Waals surface area contributed by atoms with E-state index in [4.69, 9.17) is 21.6 Å². The van der Waals surface area contributed by atoms with Crippen molar-refractivity contribution in [3.8, 4) is 0 Å². The number of hydrogen-bond donors (Lipinski definition) is 1. The van der Waals surface area contributed by atoms with Crippen molar-refractivity contribution in [3.05, 3.63) is 58.6 Å². The fraction of sp³-hybridized carbons (Fsp3) is 0.529. The largest absolute Gasteiger partial charge is 0.357 e. The van der Waals surface area contributed by atoms with E-state index in [0.29, 0.717) is 65.8 Å². The minimum atomic E-state index is -0.0932. The maximum atomic E-state index is 13.1. The highest BCUT2D eigenvalue weighted by atomic mass is 35.5. The Morgan fingerprint density at radius 2 is 1.93 bits per heavy atom. The van der Waals surface area contributed by atoms with Crippen molar-refractivity contribution in [2.45, 2.75) is 72.8 Å². The first-order valence-electron chi connectivity index (χ1n) is 15.6. The molecule has 43 heavy (non-hydrogen) atoms. The lowest BCUT2D eigenvalue weighted by molar-refractivity contribution is -0.109. The van der Waals surface area contributed by atoms with Gasteiger partial charge in [0, 0.05) is 39.3 Å². The molecule has 0 aliphatic carbocycles. The molecule has 8 nitrogen and oxygen atoms in total. The van der Waals surface area contributed by atoms with Gasteiger partial charge in [-0.15, -0.1) is 6.58 Å². The van der Waals surface area contributed by atoms with E-state index < -0.39 is 0 Å². The minimum absolute atomic E-state index is 0.0932. The smallest absolute Gasteiger partial charge is 0.219 e. The molecule has 1 aromatic carbocycles. The number of pyridine rings is 1. The van der Waals surface area contributed by atoms with Crippen LogP contribution < -0.4 is 15.1 Å². The number of anilines is 3. The van der Waals surface area contributed by atoms with Crippen molar-refractivity contribution in [2.75, 3.05) is 43.0 Å². The molecule has 1 N–H and O–H groups in total. The van der Waals surface area contributed by atoms with Crippen LogP contribution in [0.25, 0.3) is 0 Å². The second kappa shape index (κ2) is 16.5. The molecule has 2 atom stereocenters. The van der Waals surface area contributed by atoms with E-state index in [1.807, 2.05) is 25.1 Å². The van der Waals surface area contributed by atoms with Crippen molar-refractivity contribution in [1.82, 2.24) is 15.2 Å². The number of hydrogen-bond acceptors (Lipinski definition) is 5. The Hall–Kier alpha value is -3.39. The zero-order valence-electron chi connectivity index (χ0n) is 26.8. The first-order chi connectivity index (χ1) is 20.7. The van der Waals surface area contributed by atoms with Crippen LogP contribution in [0.1, 0.15) is 70.6 Å². The summed E-state index contributed by atoms with van der Waals surface area (Å²) in [6.07, 6.45) is 7.90. The molecule has 1 aliphatic rings. The molecule has 0 saturated carbocycles. The third-order valence-electron chi connectivity index (χ3n) is 8.19. The van der Waals surface area contributed by atoms with Gasteiger partial charge in [-0.1, -0.05) is 63.6 Å². The molecular formula is C34H49ClN6O2. The van der Waals surface area contributed by atoms with E-state index in [2.05, 4.69) is 61.5 Å². The van der Waals surface area contributed by atoms with Gasteiger partial charge in [-0.2, -0.15) is 0 Å². The number of aryl methyl sites for hydroxylation is 2. The maximum absolute atomic E-state index is 13.1.